The van der Waals surface area contributed by atoms with E-state index >= 15 is 0 Å². The molecule has 1 aromatic heterocycles. The molecule has 18 heavy (non-hydrogen) atoms. The predicted molar refractivity (Wildman–Crippen MR) is 74.0 cm³/mol. The predicted octanol–water partition coefficient (Wildman–Crippen LogP) is 2.88. The van der Waals surface area contributed by atoms with E-state index in [1.807, 2.05) is 5.38 Å². The second-order valence-electron chi connectivity index (χ2n) is 3.41. The molecule has 92 valence electrons. The highest BCUT2D eigenvalue weighted by Crippen LogP contribution is 2.25. The summed E-state index contributed by atoms with van der Waals surface area (Å²) in [6.45, 7) is 0.234. The fourth-order valence-electron chi connectivity index (χ4n) is 1.33. The maximum atomic E-state index is 13.4. The third kappa shape index (κ3) is 3.57. The zero-order valence-corrected chi connectivity index (χ0v) is 11.2. The second kappa shape index (κ2) is 6.55. The summed E-state index contributed by atoms with van der Waals surface area (Å²) in [4.78, 5) is 4.18. The lowest BCUT2D eigenvalue weighted by Gasteiger charge is -2.01. The van der Waals surface area contributed by atoms with Crippen LogP contribution in [0.3, 0.4) is 0 Å². The Morgan fingerprint density at radius 2 is 2.33 bits per heavy atom. The topological polar surface area (TPSA) is 38.9 Å². The van der Waals surface area contributed by atoms with Crippen LogP contribution < -0.4 is 5.73 Å². The van der Waals surface area contributed by atoms with E-state index in [1.54, 1.807) is 41.4 Å². The first kappa shape index (κ1) is 13.1. The summed E-state index contributed by atoms with van der Waals surface area (Å²) in [6, 6.07) is 4.97. The fraction of sp³-hybridized carbons (Fsp3) is 0.154. The molecular formula is C13H11FN2S2. The number of rotatable bonds is 3. The first-order valence-corrected chi connectivity index (χ1v) is 7.16. The van der Waals surface area contributed by atoms with Gasteiger partial charge >= 0.3 is 0 Å². The molecule has 0 saturated carbocycles. The molecule has 0 spiro atoms. The van der Waals surface area contributed by atoms with Gasteiger partial charge in [0.2, 0.25) is 0 Å². The molecule has 0 aliphatic carbocycles. The molecule has 0 aliphatic rings. The number of nitrogens with two attached hydrogens (primary N) is 1. The van der Waals surface area contributed by atoms with Gasteiger partial charge in [0, 0.05) is 17.3 Å². The van der Waals surface area contributed by atoms with Gasteiger partial charge in [-0.1, -0.05) is 29.7 Å². The summed E-state index contributed by atoms with van der Waals surface area (Å²) in [6.07, 6.45) is 1.77. The van der Waals surface area contributed by atoms with E-state index in [9.17, 15) is 4.39 Å². The Morgan fingerprint density at radius 1 is 1.44 bits per heavy atom. The maximum absolute atomic E-state index is 13.4. The Morgan fingerprint density at radius 3 is 3.06 bits per heavy atom. The number of nitrogens with zero attached hydrogens (tertiary/aromatic N) is 1. The van der Waals surface area contributed by atoms with Crippen LogP contribution in [0.4, 0.5) is 4.39 Å². The van der Waals surface area contributed by atoms with Gasteiger partial charge in [0.1, 0.15) is 10.2 Å². The Kier molecular flexibility index (Phi) is 4.76. The molecule has 0 radical (unpaired) electrons. The fourth-order valence-corrected chi connectivity index (χ4v) is 2.91. The molecule has 0 saturated heterocycles. The van der Waals surface area contributed by atoms with Crippen LogP contribution >= 0.6 is 23.1 Å². The van der Waals surface area contributed by atoms with Crippen LogP contribution in [-0.2, 0) is 5.75 Å². The minimum absolute atomic E-state index is 0.234. The first-order chi connectivity index (χ1) is 8.79. The van der Waals surface area contributed by atoms with Crippen molar-refractivity contribution in [3.8, 4) is 11.8 Å². The molecule has 0 amide bonds. The van der Waals surface area contributed by atoms with Crippen LogP contribution in [0, 0.1) is 17.7 Å². The van der Waals surface area contributed by atoms with Crippen molar-refractivity contribution in [2.24, 2.45) is 5.73 Å². The number of thioether (sulfide) groups is 1. The molecule has 0 fully saturated rings. The number of benzene rings is 1. The van der Waals surface area contributed by atoms with Gasteiger partial charge in [0.15, 0.2) is 0 Å². The highest BCUT2D eigenvalue weighted by atomic mass is 32.2. The first-order valence-electron chi connectivity index (χ1n) is 5.29. The molecule has 0 aliphatic heterocycles. The van der Waals surface area contributed by atoms with Crippen LogP contribution in [-0.4, -0.2) is 11.5 Å². The Bertz CT molecular complexity index is 570. The van der Waals surface area contributed by atoms with E-state index in [0.717, 1.165) is 15.7 Å². The minimum atomic E-state index is -0.307. The summed E-state index contributed by atoms with van der Waals surface area (Å²) in [5, 5.41) is 1.94. The smallest absolute Gasteiger partial charge is 0.150 e. The highest BCUT2D eigenvalue weighted by molar-refractivity contribution is 8.00. The summed E-state index contributed by atoms with van der Waals surface area (Å²) in [5.41, 5.74) is 6.71. The van der Waals surface area contributed by atoms with E-state index in [-0.39, 0.29) is 12.4 Å². The zero-order chi connectivity index (χ0) is 12.8. The van der Waals surface area contributed by atoms with Gasteiger partial charge in [0.05, 0.1) is 12.1 Å². The third-order valence-corrected chi connectivity index (χ3v) is 4.16. The molecule has 2 rings (SSSR count). The Balaban J connectivity index is 2.09. The van der Waals surface area contributed by atoms with Crippen molar-refractivity contribution in [2.75, 3.05) is 6.54 Å². The standard InChI is InChI=1S/C13H11FN2S2/c14-12-4-3-10(8-11(12)2-1-5-15)9-18-13-16-6-7-17-13/h3-4,6-8H,5,9,15H2. The lowest BCUT2D eigenvalue weighted by Crippen LogP contribution is -1.94. The minimum Gasteiger partial charge on any atom is -0.320 e. The van der Waals surface area contributed by atoms with Gasteiger partial charge in [-0.05, 0) is 17.7 Å². The number of halogens is 1. The van der Waals surface area contributed by atoms with Crippen molar-refractivity contribution >= 4 is 23.1 Å². The maximum Gasteiger partial charge on any atom is 0.150 e. The Hall–Kier alpha value is -1.35. The van der Waals surface area contributed by atoms with E-state index in [0.29, 0.717) is 5.56 Å². The molecule has 5 heteroatoms. The number of hydrogen-bond donors (Lipinski definition) is 1. The van der Waals surface area contributed by atoms with Crippen LogP contribution in [0.1, 0.15) is 11.1 Å². The molecule has 0 unspecified atom stereocenters. The molecule has 2 N–H and O–H groups in total. The second-order valence-corrected chi connectivity index (χ2v) is 5.52. The summed E-state index contributed by atoms with van der Waals surface area (Å²) >= 11 is 3.23. The molecule has 1 heterocycles. The Labute approximate surface area is 113 Å². The van der Waals surface area contributed by atoms with Gasteiger partial charge in [-0.2, -0.15) is 0 Å². The van der Waals surface area contributed by atoms with Crippen molar-refractivity contribution in [2.45, 2.75) is 10.1 Å². The normalized spacial score (nSPS) is 9.89. The van der Waals surface area contributed by atoms with Crippen LogP contribution in [0.15, 0.2) is 34.1 Å². The summed E-state index contributed by atoms with van der Waals surface area (Å²) in [5.74, 6) is 5.85. The van der Waals surface area contributed by atoms with Crippen LogP contribution in [0.2, 0.25) is 0 Å². The lowest BCUT2D eigenvalue weighted by molar-refractivity contribution is 0.624. The van der Waals surface area contributed by atoms with E-state index in [4.69, 9.17) is 5.73 Å². The average Bonchev–Trinajstić information content (AvgIpc) is 2.89. The van der Waals surface area contributed by atoms with Gasteiger partial charge in [-0.25, -0.2) is 9.37 Å². The molecule has 2 aromatic rings. The van der Waals surface area contributed by atoms with Crippen LogP contribution in [0.5, 0.6) is 0 Å². The monoisotopic (exact) mass is 278 g/mol. The highest BCUT2D eigenvalue weighted by Gasteiger charge is 2.03. The van der Waals surface area contributed by atoms with Crippen LogP contribution in [0.25, 0.3) is 0 Å². The van der Waals surface area contributed by atoms with Crippen molar-refractivity contribution in [1.29, 1.82) is 0 Å². The van der Waals surface area contributed by atoms with Crippen molar-refractivity contribution < 1.29 is 4.39 Å². The number of aromatic nitrogens is 1. The SMILES string of the molecule is NCC#Cc1cc(CSc2nccs2)ccc1F. The molecule has 0 atom stereocenters. The van der Waals surface area contributed by atoms with Crippen molar-refractivity contribution in [1.82, 2.24) is 4.98 Å². The van der Waals surface area contributed by atoms with E-state index < -0.39 is 0 Å². The molecule has 0 bridgehead atoms. The summed E-state index contributed by atoms with van der Waals surface area (Å²) < 4.78 is 14.5. The average molecular weight is 278 g/mol. The lowest BCUT2D eigenvalue weighted by atomic mass is 10.1. The number of thiazole rings is 1. The zero-order valence-electron chi connectivity index (χ0n) is 9.52. The van der Waals surface area contributed by atoms with Gasteiger partial charge in [-0.3, -0.25) is 0 Å². The van der Waals surface area contributed by atoms with E-state index in [1.165, 1.54) is 6.07 Å². The van der Waals surface area contributed by atoms with Gasteiger partial charge in [0.25, 0.3) is 0 Å². The van der Waals surface area contributed by atoms with E-state index in [2.05, 4.69) is 16.8 Å². The molecule has 1 aromatic carbocycles. The quantitative estimate of drug-likeness (QED) is 0.693. The van der Waals surface area contributed by atoms with Crippen molar-refractivity contribution in [3.63, 3.8) is 0 Å². The van der Waals surface area contributed by atoms with Gasteiger partial charge in [-0.15, -0.1) is 11.3 Å². The molecular weight excluding hydrogens is 267 g/mol. The third-order valence-electron chi connectivity index (χ3n) is 2.13. The number of hydrogen-bond acceptors (Lipinski definition) is 4. The summed E-state index contributed by atoms with van der Waals surface area (Å²) in [7, 11) is 0. The molecule has 2 nitrogen and oxygen atoms in total. The van der Waals surface area contributed by atoms with Gasteiger partial charge < -0.3 is 5.73 Å². The largest absolute Gasteiger partial charge is 0.320 e. The van der Waals surface area contributed by atoms with Crippen molar-refractivity contribution in [3.05, 3.63) is 46.7 Å².